The van der Waals surface area contributed by atoms with E-state index >= 15 is 0 Å². The highest BCUT2D eigenvalue weighted by Crippen LogP contribution is 2.63. The van der Waals surface area contributed by atoms with Crippen LogP contribution in [-0.4, -0.2) is 0 Å². The average molecular weight is 483 g/mol. The Labute approximate surface area is 223 Å². The molecule has 0 aliphatic heterocycles. The molecular formula is C38H26. The normalized spacial score (nSPS) is 13.6. The van der Waals surface area contributed by atoms with Crippen molar-refractivity contribution in [3.05, 3.63) is 179 Å². The van der Waals surface area contributed by atoms with Gasteiger partial charge in [-0.05, 0) is 73.2 Å². The maximum absolute atomic E-state index is 2.37. The van der Waals surface area contributed by atoms with Gasteiger partial charge in [0.25, 0.3) is 0 Å². The zero-order valence-corrected chi connectivity index (χ0v) is 21.1. The van der Waals surface area contributed by atoms with Gasteiger partial charge in [0.05, 0.1) is 5.41 Å². The summed E-state index contributed by atoms with van der Waals surface area (Å²) in [6.45, 7) is 0. The van der Waals surface area contributed by atoms with E-state index in [2.05, 4.69) is 146 Å². The summed E-state index contributed by atoms with van der Waals surface area (Å²) in [5.74, 6) is 0. The van der Waals surface area contributed by atoms with E-state index in [-0.39, 0.29) is 5.41 Å². The second kappa shape index (κ2) is 8.16. The van der Waals surface area contributed by atoms with E-state index in [4.69, 9.17) is 0 Å². The van der Waals surface area contributed by atoms with E-state index in [1.165, 1.54) is 66.8 Å². The molecule has 0 saturated heterocycles. The largest absolute Gasteiger partial charge is 0.0725 e. The summed E-state index contributed by atoms with van der Waals surface area (Å²) < 4.78 is 0. The Morgan fingerprint density at radius 1 is 0.368 bits per heavy atom. The summed E-state index contributed by atoms with van der Waals surface area (Å²) in [7, 11) is 0. The third kappa shape index (κ3) is 2.86. The van der Waals surface area contributed by atoms with Gasteiger partial charge < -0.3 is 0 Å². The molecule has 0 amide bonds. The Kier molecular flexibility index (Phi) is 4.60. The standard InChI is InChI=1S/C38H26/c1-2-11-27(12-3-1)28-23-21-26(22-24-28)25-29-13-10-20-36-37(29)32-16-6-9-19-35(32)38(36)33-17-7-4-14-30(33)31-15-5-8-18-34(31)38/h1-24H,25H2. The van der Waals surface area contributed by atoms with Crippen molar-refractivity contribution in [3.8, 4) is 33.4 Å². The molecule has 6 aromatic carbocycles. The van der Waals surface area contributed by atoms with E-state index in [1.54, 1.807) is 0 Å². The van der Waals surface area contributed by atoms with Crippen LogP contribution in [0.4, 0.5) is 0 Å². The molecule has 6 aromatic rings. The molecule has 0 bridgehead atoms. The fourth-order valence-corrected chi connectivity index (χ4v) is 7.03. The number of hydrogen-bond acceptors (Lipinski definition) is 0. The van der Waals surface area contributed by atoms with Crippen LogP contribution in [0.15, 0.2) is 146 Å². The molecule has 0 saturated carbocycles. The first-order valence-corrected chi connectivity index (χ1v) is 13.4. The summed E-state index contributed by atoms with van der Waals surface area (Å²) in [6.07, 6.45) is 0.909. The average Bonchev–Trinajstić information content (AvgIpc) is 3.46. The van der Waals surface area contributed by atoms with Crippen molar-refractivity contribution in [2.75, 3.05) is 0 Å². The molecule has 0 heterocycles. The first kappa shape index (κ1) is 21.4. The van der Waals surface area contributed by atoms with Gasteiger partial charge in [-0.1, -0.05) is 146 Å². The van der Waals surface area contributed by atoms with Gasteiger partial charge in [-0.3, -0.25) is 0 Å². The number of benzene rings is 6. The van der Waals surface area contributed by atoms with Crippen molar-refractivity contribution < 1.29 is 0 Å². The predicted molar refractivity (Wildman–Crippen MR) is 157 cm³/mol. The van der Waals surface area contributed by atoms with Crippen molar-refractivity contribution in [1.29, 1.82) is 0 Å². The van der Waals surface area contributed by atoms with Crippen LogP contribution in [0.2, 0.25) is 0 Å². The van der Waals surface area contributed by atoms with Crippen molar-refractivity contribution in [2.45, 2.75) is 11.8 Å². The number of fused-ring (bicyclic) bond motifs is 10. The fourth-order valence-electron chi connectivity index (χ4n) is 7.03. The molecule has 0 unspecified atom stereocenters. The third-order valence-electron chi connectivity index (χ3n) is 8.56. The van der Waals surface area contributed by atoms with Crippen LogP contribution < -0.4 is 0 Å². The minimum absolute atomic E-state index is 0.272. The fraction of sp³-hybridized carbons (Fsp3) is 0.0526. The SMILES string of the molecule is c1ccc(-c2ccc(Cc3cccc4c3-c3ccccc3C43c4ccccc4-c4ccccc43)cc2)cc1. The zero-order valence-electron chi connectivity index (χ0n) is 21.1. The lowest BCUT2D eigenvalue weighted by molar-refractivity contribution is 0.793. The summed E-state index contributed by atoms with van der Waals surface area (Å²) in [6, 6.07) is 53.8. The van der Waals surface area contributed by atoms with Crippen LogP contribution in [0.25, 0.3) is 33.4 Å². The quantitative estimate of drug-likeness (QED) is 0.235. The van der Waals surface area contributed by atoms with Gasteiger partial charge in [0, 0.05) is 0 Å². The van der Waals surface area contributed by atoms with Crippen LogP contribution in [0.5, 0.6) is 0 Å². The van der Waals surface area contributed by atoms with Crippen molar-refractivity contribution in [1.82, 2.24) is 0 Å². The van der Waals surface area contributed by atoms with Crippen molar-refractivity contribution in [2.24, 2.45) is 0 Å². The Balaban J connectivity index is 1.32. The maximum Gasteiger partial charge on any atom is 0.0725 e. The Morgan fingerprint density at radius 3 is 1.53 bits per heavy atom. The minimum Gasteiger partial charge on any atom is -0.0622 e. The van der Waals surface area contributed by atoms with Gasteiger partial charge in [0.15, 0.2) is 0 Å². The summed E-state index contributed by atoms with van der Waals surface area (Å²) >= 11 is 0. The van der Waals surface area contributed by atoms with Crippen LogP contribution in [0, 0.1) is 0 Å². The van der Waals surface area contributed by atoms with Crippen LogP contribution in [0.1, 0.15) is 33.4 Å². The highest BCUT2D eigenvalue weighted by Gasteiger charge is 2.51. The Bertz CT molecular complexity index is 1780. The zero-order chi connectivity index (χ0) is 25.1. The van der Waals surface area contributed by atoms with Gasteiger partial charge in [-0.15, -0.1) is 0 Å². The van der Waals surface area contributed by atoms with Gasteiger partial charge in [0.1, 0.15) is 0 Å². The molecule has 1 spiro atoms. The highest BCUT2D eigenvalue weighted by molar-refractivity contribution is 5.95. The minimum atomic E-state index is -0.272. The summed E-state index contributed by atoms with van der Waals surface area (Å²) in [5, 5.41) is 0. The summed E-state index contributed by atoms with van der Waals surface area (Å²) in [4.78, 5) is 0. The second-order valence-corrected chi connectivity index (χ2v) is 10.5. The van der Waals surface area contributed by atoms with E-state index in [0.29, 0.717) is 0 Å². The first-order valence-electron chi connectivity index (χ1n) is 13.4. The predicted octanol–water partition coefficient (Wildman–Crippen LogP) is 9.29. The van der Waals surface area contributed by atoms with E-state index in [1.807, 2.05) is 0 Å². The summed E-state index contributed by atoms with van der Waals surface area (Å²) in [5.41, 5.74) is 16.1. The van der Waals surface area contributed by atoms with Gasteiger partial charge in [-0.25, -0.2) is 0 Å². The lowest BCUT2D eigenvalue weighted by atomic mass is 9.70. The van der Waals surface area contributed by atoms with Crippen LogP contribution >= 0.6 is 0 Å². The van der Waals surface area contributed by atoms with E-state index in [9.17, 15) is 0 Å². The lowest BCUT2D eigenvalue weighted by Crippen LogP contribution is -2.25. The molecule has 0 aromatic heterocycles. The topological polar surface area (TPSA) is 0 Å². The van der Waals surface area contributed by atoms with Crippen molar-refractivity contribution >= 4 is 0 Å². The molecule has 178 valence electrons. The second-order valence-electron chi connectivity index (χ2n) is 10.5. The number of rotatable bonds is 3. The molecule has 0 atom stereocenters. The maximum atomic E-state index is 2.37. The Hall–Kier alpha value is -4.68. The van der Waals surface area contributed by atoms with Gasteiger partial charge >= 0.3 is 0 Å². The lowest BCUT2D eigenvalue weighted by Gasteiger charge is -2.30. The molecule has 0 N–H and O–H groups in total. The molecule has 0 fully saturated rings. The molecule has 38 heavy (non-hydrogen) atoms. The number of hydrogen-bond donors (Lipinski definition) is 0. The first-order chi connectivity index (χ1) is 18.9. The molecule has 0 nitrogen and oxygen atoms in total. The smallest absolute Gasteiger partial charge is 0.0622 e. The molecule has 8 rings (SSSR count). The van der Waals surface area contributed by atoms with E-state index < -0.39 is 0 Å². The van der Waals surface area contributed by atoms with Gasteiger partial charge in [-0.2, -0.15) is 0 Å². The molecule has 0 radical (unpaired) electrons. The van der Waals surface area contributed by atoms with E-state index in [0.717, 1.165) is 6.42 Å². The highest BCUT2D eigenvalue weighted by atomic mass is 14.5. The molecule has 2 aliphatic rings. The third-order valence-corrected chi connectivity index (χ3v) is 8.56. The molecule has 0 heteroatoms. The molecular weight excluding hydrogens is 456 g/mol. The Morgan fingerprint density at radius 2 is 0.868 bits per heavy atom. The monoisotopic (exact) mass is 482 g/mol. The van der Waals surface area contributed by atoms with Crippen LogP contribution in [-0.2, 0) is 11.8 Å². The van der Waals surface area contributed by atoms with Crippen molar-refractivity contribution in [3.63, 3.8) is 0 Å². The van der Waals surface area contributed by atoms with Gasteiger partial charge in [0.2, 0.25) is 0 Å². The van der Waals surface area contributed by atoms with Crippen LogP contribution in [0.3, 0.4) is 0 Å². The molecule has 2 aliphatic carbocycles.